The van der Waals surface area contributed by atoms with Crippen molar-refractivity contribution in [1.29, 1.82) is 0 Å². The molecule has 0 bridgehead atoms. The Morgan fingerprint density at radius 3 is 2.56 bits per heavy atom. The van der Waals surface area contributed by atoms with Crippen molar-refractivity contribution < 1.29 is 9.47 Å². The second-order valence-corrected chi connectivity index (χ2v) is 4.61. The second kappa shape index (κ2) is 5.91. The molecule has 98 valence electrons. The fourth-order valence-corrected chi connectivity index (χ4v) is 2.51. The van der Waals surface area contributed by atoms with Gasteiger partial charge in [-0.25, -0.2) is 0 Å². The number of benzene rings is 1. The van der Waals surface area contributed by atoms with Gasteiger partial charge >= 0.3 is 0 Å². The molecule has 0 heterocycles. The van der Waals surface area contributed by atoms with E-state index in [-0.39, 0.29) is 0 Å². The van der Waals surface area contributed by atoms with Crippen LogP contribution in [0, 0.1) is 0 Å². The van der Waals surface area contributed by atoms with E-state index in [0.29, 0.717) is 6.04 Å². The van der Waals surface area contributed by atoms with Crippen molar-refractivity contribution >= 4 is 0 Å². The third-order valence-electron chi connectivity index (χ3n) is 3.49. The average molecular weight is 247 g/mol. The quantitative estimate of drug-likeness (QED) is 0.810. The average Bonchev–Trinajstić information content (AvgIpc) is 2.43. The molecule has 1 aliphatic carbocycles. The van der Waals surface area contributed by atoms with Crippen molar-refractivity contribution in [2.45, 2.75) is 25.3 Å². The summed E-state index contributed by atoms with van der Waals surface area (Å²) in [6.45, 7) is 4.61. The summed E-state index contributed by atoms with van der Waals surface area (Å²) in [5, 5.41) is 3.49. The topological polar surface area (TPSA) is 30.5 Å². The summed E-state index contributed by atoms with van der Waals surface area (Å²) < 4.78 is 10.7. The normalized spacial score (nSPS) is 18.0. The molecule has 0 spiro atoms. The zero-order valence-corrected chi connectivity index (χ0v) is 11.2. The number of rotatable bonds is 5. The second-order valence-electron chi connectivity index (χ2n) is 4.61. The molecule has 0 aliphatic heterocycles. The molecule has 2 rings (SSSR count). The van der Waals surface area contributed by atoms with Crippen LogP contribution in [0.2, 0.25) is 0 Å². The lowest BCUT2D eigenvalue weighted by Crippen LogP contribution is -2.34. The van der Waals surface area contributed by atoms with Gasteiger partial charge in [-0.2, -0.15) is 0 Å². The van der Waals surface area contributed by atoms with E-state index < -0.39 is 0 Å². The molecular formula is C15H21NO2. The van der Waals surface area contributed by atoms with Crippen LogP contribution in [0.25, 0.3) is 0 Å². The maximum Gasteiger partial charge on any atom is 0.161 e. The SMILES string of the molecule is C=CCNC1CCc2cc(OC)c(OC)cc2C1. The lowest BCUT2D eigenvalue weighted by Gasteiger charge is -2.26. The van der Waals surface area contributed by atoms with Gasteiger partial charge in [0, 0.05) is 12.6 Å². The molecule has 3 nitrogen and oxygen atoms in total. The molecule has 3 heteroatoms. The van der Waals surface area contributed by atoms with Crippen molar-refractivity contribution in [2.24, 2.45) is 0 Å². The molecule has 0 saturated heterocycles. The molecule has 1 aromatic rings. The molecule has 1 aliphatic rings. The number of hydrogen-bond donors (Lipinski definition) is 1. The number of fused-ring (bicyclic) bond motifs is 1. The van der Waals surface area contributed by atoms with E-state index in [1.165, 1.54) is 11.1 Å². The van der Waals surface area contributed by atoms with Crippen LogP contribution in [-0.2, 0) is 12.8 Å². The van der Waals surface area contributed by atoms with Gasteiger partial charge in [-0.3, -0.25) is 0 Å². The van der Waals surface area contributed by atoms with Crippen molar-refractivity contribution in [1.82, 2.24) is 5.32 Å². The first-order valence-corrected chi connectivity index (χ1v) is 6.36. The van der Waals surface area contributed by atoms with E-state index >= 15 is 0 Å². The minimum Gasteiger partial charge on any atom is -0.493 e. The molecule has 0 amide bonds. The maximum absolute atomic E-state index is 5.36. The first-order chi connectivity index (χ1) is 8.78. The van der Waals surface area contributed by atoms with Gasteiger partial charge in [0.15, 0.2) is 11.5 Å². The predicted molar refractivity (Wildman–Crippen MR) is 73.6 cm³/mol. The molecule has 0 saturated carbocycles. The van der Waals surface area contributed by atoms with Crippen LogP contribution in [0.15, 0.2) is 24.8 Å². The molecule has 0 aromatic heterocycles. The molecule has 0 radical (unpaired) electrons. The third kappa shape index (κ3) is 2.67. The molecule has 18 heavy (non-hydrogen) atoms. The van der Waals surface area contributed by atoms with Crippen LogP contribution in [0.4, 0.5) is 0 Å². The van der Waals surface area contributed by atoms with Gasteiger partial charge in [0.05, 0.1) is 14.2 Å². The summed E-state index contributed by atoms with van der Waals surface area (Å²) in [5.41, 5.74) is 2.74. The Hall–Kier alpha value is -1.48. The smallest absolute Gasteiger partial charge is 0.161 e. The van der Waals surface area contributed by atoms with E-state index in [2.05, 4.69) is 24.0 Å². The Morgan fingerprint density at radius 2 is 1.94 bits per heavy atom. The van der Waals surface area contributed by atoms with Crippen molar-refractivity contribution in [2.75, 3.05) is 20.8 Å². The molecule has 0 fully saturated rings. The van der Waals surface area contributed by atoms with Gasteiger partial charge in [-0.15, -0.1) is 6.58 Å². The Kier molecular flexibility index (Phi) is 4.26. The lowest BCUT2D eigenvalue weighted by atomic mass is 9.88. The van der Waals surface area contributed by atoms with E-state index in [9.17, 15) is 0 Å². The summed E-state index contributed by atoms with van der Waals surface area (Å²) in [6.07, 6.45) is 5.20. The van der Waals surface area contributed by atoms with Crippen LogP contribution < -0.4 is 14.8 Å². The van der Waals surface area contributed by atoms with Crippen LogP contribution in [0.5, 0.6) is 11.5 Å². The van der Waals surface area contributed by atoms with Crippen molar-refractivity contribution in [3.05, 3.63) is 35.9 Å². The third-order valence-corrected chi connectivity index (χ3v) is 3.49. The van der Waals surface area contributed by atoms with Gasteiger partial charge in [0.2, 0.25) is 0 Å². The van der Waals surface area contributed by atoms with E-state index in [1.807, 2.05) is 6.08 Å². The minimum atomic E-state index is 0.536. The maximum atomic E-state index is 5.36. The molecular weight excluding hydrogens is 226 g/mol. The number of ether oxygens (including phenoxy) is 2. The molecule has 1 unspecified atom stereocenters. The van der Waals surface area contributed by atoms with Crippen LogP contribution in [0.1, 0.15) is 17.5 Å². The number of hydrogen-bond acceptors (Lipinski definition) is 3. The van der Waals surface area contributed by atoms with Gasteiger partial charge in [-0.05, 0) is 42.5 Å². The summed E-state index contributed by atoms with van der Waals surface area (Å²) in [6, 6.07) is 4.75. The number of nitrogens with one attached hydrogen (secondary N) is 1. The van der Waals surface area contributed by atoms with Crippen LogP contribution in [-0.4, -0.2) is 26.8 Å². The molecule has 1 aromatic carbocycles. The Morgan fingerprint density at radius 1 is 1.28 bits per heavy atom. The Labute approximate surface area is 109 Å². The zero-order valence-electron chi connectivity index (χ0n) is 11.2. The number of aryl methyl sites for hydroxylation is 1. The summed E-state index contributed by atoms with van der Waals surface area (Å²) in [5.74, 6) is 1.65. The van der Waals surface area contributed by atoms with Gasteiger partial charge in [-0.1, -0.05) is 6.08 Å². The summed E-state index contributed by atoms with van der Waals surface area (Å²) >= 11 is 0. The van der Waals surface area contributed by atoms with Gasteiger partial charge in [0.25, 0.3) is 0 Å². The van der Waals surface area contributed by atoms with Crippen molar-refractivity contribution in [3.63, 3.8) is 0 Å². The fraction of sp³-hybridized carbons (Fsp3) is 0.467. The van der Waals surface area contributed by atoms with Crippen molar-refractivity contribution in [3.8, 4) is 11.5 Å². The highest BCUT2D eigenvalue weighted by Gasteiger charge is 2.20. The Bertz CT molecular complexity index is 429. The van der Waals surface area contributed by atoms with E-state index in [0.717, 1.165) is 37.3 Å². The standard InChI is InChI=1S/C15H21NO2/c1-4-7-16-13-6-5-11-9-14(17-2)15(18-3)10-12(11)8-13/h4,9-10,13,16H,1,5-8H2,2-3H3. The van der Waals surface area contributed by atoms with Gasteiger partial charge in [0.1, 0.15) is 0 Å². The predicted octanol–water partition coefficient (Wildman–Crippen LogP) is 2.34. The fourth-order valence-electron chi connectivity index (χ4n) is 2.51. The molecule has 1 atom stereocenters. The highest BCUT2D eigenvalue weighted by atomic mass is 16.5. The lowest BCUT2D eigenvalue weighted by molar-refractivity contribution is 0.352. The van der Waals surface area contributed by atoms with Gasteiger partial charge < -0.3 is 14.8 Å². The first-order valence-electron chi connectivity index (χ1n) is 6.36. The first kappa shape index (κ1) is 13.0. The largest absolute Gasteiger partial charge is 0.493 e. The molecule has 1 N–H and O–H groups in total. The van der Waals surface area contributed by atoms with E-state index in [1.54, 1.807) is 14.2 Å². The summed E-state index contributed by atoms with van der Waals surface area (Å²) in [7, 11) is 3.36. The monoisotopic (exact) mass is 247 g/mol. The highest BCUT2D eigenvalue weighted by Crippen LogP contribution is 2.34. The highest BCUT2D eigenvalue weighted by molar-refractivity contribution is 5.48. The number of methoxy groups -OCH3 is 2. The minimum absolute atomic E-state index is 0.536. The van der Waals surface area contributed by atoms with E-state index in [4.69, 9.17) is 9.47 Å². The zero-order chi connectivity index (χ0) is 13.0. The summed E-state index contributed by atoms with van der Waals surface area (Å²) in [4.78, 5) is 0. The van der Waals surface area contributed by atoms with Crippen LogP contribution in [0.3, 0.4) is 0 Å². The van der Waals surface area contributed by atoms with Crippen LogP contribution >= 0.6 is 0 Å². The Balaban J connectivity index is 2.18.